The molecule has 0 bridgehead atoms. The molecule has 3 aromatic rings. The van der Waals surface area contributed by atoms with Gasteiger partial charge in [0.2, 0.25) is 0 Å². The molecule has 2 heterocycles. The zero-order valence-electron chi connectivity index (χ0n) is 16.0. The molecule has 0 saturated carbocycles. The van der Waals surface area contributed by atoms with Gasteiger partial charge in [0.1, 0.15) is 5.70 Å². The number of hydrogen-bond acceptors (Lipinski definition) is 4. The van der Waals surface area contributed by atoms with Crippen LogP contribution in [-0.2, 0) is 9.59 Å². The summed E-state index contributed by atoms with van der Waals surface area (Å²) in [7, 11) is 0. The summed E-state index contributed by atoms with van der Waals surface area (Å²) in [6, 6.07) is 18.3. The van der Waals surface area contributed by atoms with E-state index in [4.69, 9.17) is 11.6 Å². The van der Waals surface area contributed by atoms with E-state index in [-0.39, 0.29) is 11.6 Å². The van der Waals surface area contributed by atoms with Crippen molar-refractivity contribution in [3.63, 3.8) is 0 Å². The zero-order chi connectivity index (χ0) is 20.5. The van der Waals surface area contributed by atoms with Crippen LogP contribution in [0.4, 0.5) is 11.4 Å². The van der Waals surface area contributed by atoms with E-state index in [9.17, 15) is 9.59 Å². The summed E-state index contributed by atoms with van der Waals surface area (Å²) in [4.78, 5) is 28.4. The molecule has 1 aromatic heterocycles. The van der Waals surface area contributed by atoms with Crippen molar-refractivity contribution in [2.24, 2.45) is 0 Å². The maximum Gasteiger partial charge on any atom is 0.282 e. The first-order chi connectivity index (χ1) is 14.0. The number of amides is 2. The smallest absolute Gasteiger partial charge is 0.282 e. The summed E-state index contributed by atoms with van der Waals surface area (Å²) in [6.45, 7) is 4.25. The Bertz CT molecular complexity index is 1100. The Balaban J connectivity index is 1.75. The number of imide groups is 1. The first-order valence-electron chi connectivity index (χ1n) is 9.25. The van der Waals surface area contributed by atoms with Gasteiger partial charge in [-0.25, -0.2) is 4.90 Å². The van der Waals surface area contributed by atoms with Crippen molar-refractivity contribution in [1.82, 2.24) is 0 Å². The van der Waals surface area contributed by atoms with Crippen LogP contribution in [0.25, 0.3) is 5.57 Å². The topological polar surface area (TPSA) is 49.4 Å². The lowest BCUT2D eigenvalue weighted by atomic mass is 10.0. The third kappa shape index (κ3) is 3.71. The number of nitrogens with one attached hydrogen (secondary N) is 1. The average molecular weight is 423 g/mol. The Kier molecular flexibility index (Phi) is 5.26. The number of nitrogens with zero attached hydrogens (tertiary/aromatic N) is 1. The standard InChI is InChI=1S/C23H19ClN2O2S/c1-14(2)15-8-10-17(11-9-15)25-21-20(19-7-4-12-29-19)22(27)26(23(21)28)18-6-3-5-16(24)13-18/h3-14,25H,1-2H3. The first-order valence-corrected chi connectivity index (χ1v) is 10.5. The number of anilines is 2. The van der Waals surface area contributed by atoms with E-state index in [0.717, 1.165) is 10.6 Å². The van der Waals surface area contributed by atoms with Crippen molar-refractivity contribution >= 4 is 51.7 Å². The van der Waals surface area contributed by atoms with E-state index in [0.29, 0.717) is 22.2 Å². The van der Waals surface area contributed by atoms with Crippen LogP contribution in [0.5, 0.6) is 0 Å². The van der Waals surface area contributed by atoms with Crippen LogP contribution >= 0.6 is 22.9 Å². The molecule has 0 saturated heterocycles. The second-order valence-electron chi connectivity index (χ2n) is 7.05. The van der Waals surface area contributed by atoms with Gasteiger partial charge in [-0.15, -0.1) is 11.3 Å². The number of benzene rings is 2. The fourth-order valence-electron chi connectivity index (χ4n) is 3.24. The van der Waals surface area contributed by atoms with Gasteiger partial charge in [0.15, 0.2) is 0 Å². The second-order valence-corrected chi connectivity index (χ2v) is 8.44. The number of carbonyl (C=O) groups excluding carboxylic acids is 2. The minimum atomic E-state index is -0.395. The van der Waals surface area contributed by atoms with Crippen LogP contribution in [0.15, 0.2) is 71.7 Å². The predicted octanol–water partition coefficient (Wildman–Crippen LogP) is 5.92. The second kappa shape index (κ2) is 7.85. The minimum Gasteiger partial charge on any atom is -0.350 e. The maximum absolute atomic E-state index is 13.3. The molecule has 4 nitrogen and oxygen atoms in total. The predicted molar refractivity (Wildman–Crippen MR) is 119 cm³/mol. The molecule has 2 amide bonds. The molecule has 0 radical (unpaired) electrons. The van der Waals surface area contributed by atoms with Gasteiger partial charge in [-0.05, 0) is 53.3 Å². The number of carbonyl (C=O) groups is 2. The molecular weight excluding hydrogens is 404 g/mol. The largest absolute Gasteiger partial charge is 0.350 e. The summed E-state index contributed by atoms with van der Waals surface area (Å²) in [5.74, 6) is -0.340. The summed E-state index contributed by atoms with van der Waals surface area (Å²) < 4.78 is 0. The highest BCUT2D eigenvalue weighted by atomic mass is 35.5. The third-order valence-corrected chi connectivity index (χ3v) is 5.89. The Morgan fingerprint density at radius 3 is 2.34 bits per heavy atom. The van der Waals surface area contributed by atoms with Gasteiger partial charge >= 0.3 is 0 Å². The highest BCUT2D eigenvalue weighted by molar-refractivity contribution is 7.11. The lowest BCUT2D eigenvalue weighted by molar-refractivity contribution is -0.120. The molecule has 0 unspecified atom stereocenters. The van der Waals surface area contributed by atoms with Crippen molar-refractivity contribution in [3.8, 4) is 0 Å². The molecule has 146 valence electrons. The van der Waals surface area contributed by atoms with Gasteiger partial charge in [-0.3, -0.25) is 9.59 Å². The number of thiophene rings is 1. The van der Waals surface area contributed by atoms with E-state index >= 15 is 0 Å². The molecule has 0 atom stereocenters. The van der Waals surface area contributed by atoms with Crippen LogP contribution < -0.4 is 10.2 Å². The maximum atomic E-state index is 13.3. The lowest BCUT2D eigenvalue weighted by Crippen LogP contribution is -2.32. The van der Waals surface area contributed by atoms with Crippen molar-refractivity contribution in [2.45, 2.75) is 19.8 Å². The monoisotopic (exact) mass is 422 g/mol. The summed E-state index contributed by atoms with van der Waals surface area (Å²) in [6.07, 6.45) is 0. The van der Waals surface area contributed by atoms with Gasteiger partial charge in [-0.2, -0.15) is 0 Å². The summed E-state index contributed by atoms with van der Waals surface area (Å²) in [5.41, 5.74) is 3.06. The van der Waals surface area contributed by atoms with Crippen LogP contribution in [0.1, 0.15) is 30.2 Å². The van der Waals surface area contributed by atoms with Crippen molar-refractivity contribution < 1.29 is 9.59 Å². The Morgan fingerprint density at radius 1 is 0.966 bits per heavy atom. The van der Waals surface area contributed by atoms with Crippen LogP contribution in [0.2, 0.25) is 5.02 Å². The van der Waals surface area contributed by atoms with Crippen molar-refractivity contribution in [2.75, 3.05) is 10.2 Å². The molecule has 2 aromatic carbocycles. The number of halogens is 1. The molecule has 1 aliphatic rings. The first kappa shape index (κ1) is 19.4. The SMILES string of the molecule is CC(C)c1ccc(NC2=C(c3cccs3)C(=O)N(c3cccc(Cl)c3)C2=O)cc1. The fraction of sp³-hybridized carbons (Fsp3) is 0.130. The van der Waals surface area contributed by atoms with Gasteiger partial charge < -0.3 is 5.32 Å². The van der Waals surface area contributed by atoms with Gasteiger partial charge in [0.05, 0.1) is 11.3 Å². The average Bonchev–Trinajstić information content (AvgIpc) is 3.29. The Hall–Kier alpha value is -2.89. The molecule has 0 aliphatic carbocycles. The van der Waals surface area contributed by atoms with Gasteiger partial charge in [-0.1, -0.05) is 49.7 Å². The van der Waals surface area contributed by atoms with Crippen LogP contribution in [0, 0.1) is 0 Å². The van der Waals surface area contributed by atoms with Crippen molar-refractivity contribution in [3.05, 3.63) is 87.2 Å². The molecule has 0 spiro atoms. The van der Waals surface area contributed by atoms with E-state index in [1.165, 1.54) is 21.8 Å². The molecule has 0 fully saturated rings. The normalized spacial score (nSPS) is 14.3. The zero-order valence-corrected chi connectivity index (χ0v) is 17.6. The highest BCUT2D eigenvalue weighted by Gasteiger charge is 2.40. The summed E-state index contributed by atoms with van der Waals surface area (Å²) >= 11 is 7.51. The lowest BCUT2D eigenvalue weighted by Gasteiger charge is -2.15. The van der Waals surface area contributed by atoms with Gasteiger partial charge in [0.25, 0.3) is 11.8 Å². The summed E-state index contributed by atoms with van der Waals surface area (Å²) in [5, 5.41) is 5.53. The molecule has 1 aliphatic heterocycles. The molecule has 1 N–H and O–H groups in total. The number of hydrogen-bond donors (Lipinski definition) is 1. The van der Waals surface area contributed by atoms with E-state index < -0.39 is 5.91 Å². The van der Waals surface area contributed by atoms with E-state index in [2.05, 4.69) is 19.2 Å². The molecule has 6 heteroatoms. The fourth-order valence-corrected chi connectivity index (χ4v) is 4.19. The minimum absolute atomic E-state index is 0.273. The highest BCUT2D eigenvalue weighted by Crippen LogP contribution is 2.36. The van der Waals surface area contributed by atoms with Crippen LogP contribution in [-0.4, -0.2) is 11.8 Å². The van der Waals surface area contributed by atoms with Gasteiger partial charge in [0, 0.05) is 15.6 Å². The third-order valence-electron chi connectivity index (χ3n) is 4.76. The quantitative estimate of drug-likeness (QED) is 0.519. The molecule has 29 heavy (non-hydrogen) atoms. The van der Waals surface area contributed by atoms with Crippen molar-refractivity contribution in [1.29, 1.82) is 0 Å². The molecule has 4 rings (SSSR count). The van der Waals surface area contributed by atoms with E-state index in [1.54, 1.807) is 24.3 Å². The Labute approximate surface area is 178 Å². The Morgan fingerprint density at radius 2 is 1.72 bits per heavy atom. The van der Waals surface area contributed by atoms with Crippen LogP contribution in [0.3, 0.4) is 0 Å². The number of rotatable bonds is 5. The molecular formula is C23H19ClN2O2S. The van der Waals surface area contributed by atoms with E-state index in [1.807, 2.05) is 41.8 Å².